The number of carbonyl (C=O) groups is 2. The predicted molar refractivity (Wildman–Crippen MR) is 120 cm³/mol. The van der Waals surface area contributed by atoms with Gasteiger partial charge in [0, 0.05) is 30.3 Å². The lowest BCUT2D eigenvalue weighted by Crippen LogP contribution is -2.34. The number of amides is 2. The van der Waals surface area contributed by atoms with Crippen molar-refractivity contribution in [3.63, 3.8) is 0 Å². The van der Waals surface area contributed by atoms with Gasteiger partial charge in [-0.15, -0.1) is 0 Å². The predicted octanol–water partition coefficient (Wildman–Crippen LogP) is 3.09. The van der Waals surface area contributed by atoms with E-state index in [1.165, 1.54) is 0 Å². The van der Waals surface area contributed by atoms with Crippen molar-refractivity contribution in [1.82, 2.24) is 10.0 Å². The van der Waals surface area contributed by atoms with Crippen LogP contribution in [0, 0.1) is 5.92 Å². The van der Waals surface area contributed by atoms with Crippen LogP contribution in [0.15, 0.2) is 53.4 Å². The molecule has 1 aliphatic carbocycles. The molecule has 166 valence electrons. The summed E-state index contributed by atoms with van der Waals surface area (Å²) in [6.07, 6.45) is 4.89. The van der Waals surface area contributed by atoms with Crippen molar-refractivity contribution in [1.29, 1.82) is 0 Å². The highest BCUT2D eigenvalue weighted by Gasteiger charge is 2.22. The molecule has 31 heavy (non-hydrogen) atoms. The zero-order valence-corrected chi connectivity index (χ0v) is 18.5. The van der Waals surface area contributed by atoms with Gasteiger partial charge in [-0.3, -0.25) is 9.59 Å². The maximum atomic E-state index is 12.3. The Labute approximate surface area is 183 Å². The first kappa shape index (κ1) is 23.0. The SMILES string of the molecule is CCc1ccc(S(=O)(=O)NCCNC(=O)c2ccc(NC(=O)C3CCCC3)cc2)cc1. The van der Waals surface area contributed by atoms with Crippen LogP contribution in [0.2, 0.25) is 0 Å². The van der Waals surface area contributed by atoms with Gasteiger partial charge in [-0.1, -0.05) is 31.9 Å². The summed E-state index contributed by atoms with van der Waals surface area (Å²) in [6, 6.07) is 13.4. The lowest BCUT2D eigenvalue weighted by molar-refractivity contribution is -0.119. The quantitative estimate of drug-likeness (QED) is 0.518. The van der Waals surface area contributed by atoms with Crippen molar-refractivity contribution in [3.05, 3.63) is 59.7 Å². The van der Waals surface area contributed by atoms with Gasteiger partial charge in [0.1, 0.15) is 0 Å². The highest BCUT2D eigenvalue weighted by atomic mass is 32.2. The third kappa shape index (κ3) is 6.38. The van der Waals surface area contributed by atoms with Crippen molar-refractivity contribution >= 4 is 27.5 Å². The molecule has 8 heteroatoms. The molecule has 3 rings (SSSR count). The second-order valence-corrected chi connectivity index (χ2v) is 9.47. The summed E-state index contributed by atoms with van der Waals surface area (Å²) in [7, 11) is -3.61. The smallest absolute Gasteiger partial charge is 0.251 e. The fourth-order valence-electron chi connectivity index (χ4n) is 3.59. The molecule has 3 N–H and O–H groups in total. The molecule has 0 aromatic heterocycles. The van der Waals surface area contributed by atoms with Gasteiger partial charge in [-0.2, -0.15) is 0 Å². The minimum absolute atomic E-state index is 0.0336. The Kier molecular flexibility index (Phi) is 7.81. The third-order valence-electron chi connectivity index (χ3n) is 5.49. The molecule has 2 aromatic rings. The topological polar surface area (TPSA) is 104 Å². The van der Waals surface area contributed by atoms with Crippen LogP contribution < -0.4 is 15.4 Å². The Bertz CT molecular complexity index is 996. The highest BCUT2D eigenvalue weighted by Crippen LogP contribution is 2.26. The summed E-state index contributed by atoms with van der Waals surface area (Å²) in [5.41, 5.74) is 2.17. The van der Waals surface area contributed by atoms with E-state index in [2.05, 4.69) is 15.4 Å². The number of benzene rings is 2. The number of rotatable bonds is 9. The molecule has 0 heterocycles. The van der Waals surface area contributed by atoms with Gasteiger partial charge in [0.15, 0.2) is 0 Å². The van der Waals surface area contributed by atoms with Crippen LogP contribution in [0.3, 0.4) is 0 Å². The Balaban J connectivity index is 1.44. The summed E-state index contributed by atoms with van der Waals surface area (Å²) in [6.45, 7) is 2.24. The van der Waals surface area contributed by atoms with Crippen LogP contribution in [-0.2, 0) is 21.2 Å². The van der Waals surface area contributed by atoms with E-state index < -0.39 is 10.0 Å². The van der Waals surface area contributed by atoms with Crippen molar-refractivity contribution in [2.24, 2.45) is 5.92 Å². The average Bonchev–Trinajstić information content (AvgIpc) is 3.32. The second-order valence-electron chi connectivity index (χ2n) is 7.70. The Morgan fingerprint density at radius 3 is 2.19 bits per heavy atom. The molecule has 1 fully saturated rings. The van der Waals surface area contributed by atoms with E-state index in [0.717, 1.165) is 37.7 Å². The van der Waals surface area contributed by atoms with E-state index in [1.54, 1.807) is 48.5 Å². The Morgan fingerprint density at radius 1 is 0.935 bits per heavy atom. The van der Waals surface area contributed by atoms with Crippen molar-refractivity contribution < 1.29 is 18.0 Å². The van der Waals surface area contributed by atoms with Crippen LogP contribution in [0.1, 0.15) is 48.5 Å². The average molecular weight is 444 g/mol. The molecular weight excluding hydrogens is 414 g/mol. The molecule has 0 aliphatic heterocycles. The number of carbonyl (C=O) groups excluding carboxylic acids is 2. The van der Waals surface area contributed by atoms with E-state index in [1.807, 2.05) is 6.92 Å². The molecule has 0 saturated heterocycles. The van der Waals surface area contributed by atoms with Crippen LogP contribution in [0.25, 0.3) is 0 Å². The molecule has 2 amide bonds. The summed E-state index contributed by atoms with van der Waals surface area (Å²) < 4.78 is 27.1. The zero-order chi connectivity index (χ0) is 22.3. The minimum atomic E-state index is -3.61. The normalized spacial score (nSPS) is 14.4. The second kappa shape index (κ2) is 10.5. The monoisotopic (exact) mass is 443 g/mol. The van der Waals surface area contributed by atoms with Crippen LogP contribution >= 0.6 is 0 Å². The van der Waals surface area contributed by atoms with Gasteiger partial charge in [-0.25, -0.2) is 13.1 Å². The number of hydrogen-bond donors (Lipinski definition) is 3. The van der Waals surface area contributed by atoms with Crippen molar-refractivity contribution in [3.8, 4) is 0 Å². The summed E-state index contributed by atoms with van der Waals surface area (Å²) in [5, 5.41) is 5.59. The fourth-order valence-corrected chi connectivity index (χ4v) is 4.62. The maximum Gasteiger partial charge on any atom is 0.251 e. The van der Waals surface area contributed by atoms with E-state index in [-0.39, 0.29) is 35.7 Å². The van der Waals surface area contributed by atoms with Gasteiger partial charge in [0.2, 0.25) is 15.9 Å². The first-order valence-corrected chi connectivity index (χ1v) is 12.1. The van der Waals surface area contributed by atoms with Gasteiger partial charge in [0.25, 0.3) is 5.91 Å². The molecular formula is C23H29N3O4S. The van der Waals surface area contributed by atoms with E-state index in [4.69, 9.17) is 0 Å². The number of aryl methyl sites for hydroxylation is 1. The van der Waals surface area contributed by atoms with Crippen molar-refractivity contribution in [2.45, 2.75) is 43.9 Å². The Hall–Kier alpha value is -2.71. The first-order valence-electron chi connectivity index (χ1n) is 10.7. The molecule has 0 unspecified atom stereocenters. The molecule has 0 atom stereocenters. The lowest BCUT2D eigenvalue weighted by Gasteiger charge is -2.11. The number of anilines is 1. The van der Waals surface area contributed by atoms with Crippen LogP contribution in [0.5, 0.6) is 0 Å². The van der Waals surface area contributed by atoms with E-state index in [0.29, 0.717) is 11.3 Å². The molecule has 7 nitrogen and oxygen atoms in total. The fraction of sp³-hybridized carbons (Fsp3) is 0.391. The maximum absolute atomic E-state index is 12.3. The van der Waals surface area contributed by atoms with E-state index >= 15 is 0 Å². The molecule has 2 aromatic carbocycles. The standard InChI is InChI=1S/C23H29N3O4S/c1-2-17-7-13-21(14-8-17)31(29,30)25-16-15-24-22(27)19-9-11-20(12-10-19)26-23(28)18-5-3-4-6-18/h7-14,18,25H,2-6,15-16H2,1H3,(H,24,27)(H,26,28). The van der Waals surface area contributed by atoms with Gasteiger partial charge in [0.05, 0.1) is 4.90 Å². The van der Waals surface area contributed by atoms with Crippen LogP contribution in [0.4, 0.5) is 5.69 Å². The minimum Gasteiger partial charge on any atom is -0.351 e. The van der Waals surface area contributed by atoms with Crippen LogP contribution in [-0.4, -0.2) is 33.3 Å². The largest absolute Gasteiger partial charge is 0.351 e. The summed E-state index contributed by atoms with van der Waals surface area (Å²) in [4.78, 5) is 24.7. The van der Waals surface area contributed by atoms with Gasteiger partial charge < -0.3 is 10.6 Å². The highest BCUT2D eigenvalue weighted by molar-refractivity contribution is 7.89. The van der Waals surface area contributed by atoms with Gasteiger partial charge in [-0.05, 0) is 61.2 Å². The Morgan fingerprint density at radius 2 is 1.58 bits per heavy atom. The van der Waals surface area contributed by atoms with Crippen molar-refractivity contribution in [2.75, 3.05) is 18.4 Å². The molecule has 0 spiro atoms. The zero-order valence-electron chi connectivity index (χ0n) is 17.7. The van der Waals surface area contributed by atoms with E-state index in [9.17, 15) is 18.0 Å². The summed E-state index contributed by atoms with van der Waals surface area (Å²) >= 11 is 0. The number of nitrogens with one attached hydrogen (secondary N) is 3. The third-order valence-corrected chi connectivity index (χ3v) is 6.96. The van der Waals surface area contributed by atoms with Gasteiger partial charge >= 0.3 is 0 Å². The molecule has 1 aliphatic rings. The molecule has 0 radical (unpaired) electrons. The molecule has 0 bridgehead atoms. The number of hydrogen-bond acceptors (Lipinski definition) is 4. The molecule has 1 saturated carbocycles. The lowest BCUT2D eigenvalue weighted by atomic mass is 10.1. The first-order chi connectivity index (χ1) is 14.9. The number of sulfonamides is 1. The summed E-state index contributed by atoms with van der Waals surface area (Å²) in [5.74, 6) is -0.192.